The van der Waals surface area contributed by atoms with Gasteiger partial charge in [-0.15, -0.1) is 0 Å². The molecule has 2 nitrogen and oxygen atoms in total. The number of anilines is 1. The second-order valence-corrected chi connectivity index (χ2v) is 6.88. The van der Waals surface area contributed by atoms with Crippen molar-refractivity contribution in [1.82, 2.24) is 0 Å². The van der Waals surface area contributed by atoms with Gasteiger partial charge in [0.05, 0.1) is 6.04 Å². The van der Waals surface area contributed by atoms with Gasteiger partial charge in [-0.1, -0.05) is 30.7 Å². The molecule has 0 unspecified atom stereocenters. The Bertz CT molecular complexity index is 740. The smallest absolute Gasteiger partial charge is 0.138 e. The second-order valence-electron chi connectivity index (χ2n) is 6.88. The van der Waals surface area contributed by atoms with Crippen molar-refractivity contribution < 1.29 is 9.18 Å². The number of halogens is 1. The third kappa shape index (κ3) is 2.72. The van der Waals surface area contributed by atoms with E-state index in [2.05, 4.69) is 29.2 Å². The monoisotopic (exact) mass is 323 g/mol. The topological polar surface area (TPSA) is 20.3 Å². The van der Waals surface area contributed by atoms with Crippen LogP contribution < -0.4 is 4.90 Å². The molecular weight excluding hydrogens is 301 g/mol. The van der Waals surface area contributed by atoms with E-state index in [1.807, 2.05) is 12.1 Å². The quantitative estimate of drug-likeness (QED) is 0.799. The first kappa shape index (κ1) is 15.4. The molecule has 2 aromatic carbocycles. The molecule has 0 amide bonds. The fourth-order valence-electron chi connectivity index (χ4n) is 4.30. The van der Waals surface area contributed by atoms with Crippen LogP contribution in [0.5, 0.6) is 0 Å². The van der Waals surface area contributed by atoms with Crippen LogP contribution in [-0.4, -0.2) is 12.3 Å². The molecule has 4 rings (SSSR count). The maximum absolute atomic E-state index is 13.3. The number of carbonyl (C=O) groups is 1. The summed E-state index contributed by atoms with van der Waals surface area (Å²) < 4.78 is 13.3. The molecule has 3 heteroatoms. The van der Waals surface area contributed by atoms with Gasteiger partial charge in [0.1, 0.15) is 11.6 Å². The number of hydrogen-bond acceptors (Lipinski definition) is 2. The van der Waals surface area contributed by atoms with Gasteiger partial charge in [-0.3, -0.25) is 4.79 Å². The summed E-state index contributed by atoms with van der Waals surface area (Å²) >= 11 is 0. The highest BCUT2D eigenvalue weighted by Gasteiger charge is 2.38. The Morgan fingerprint density at radius 1 is 0.958 bits per heavy atom. The second kappa shape index (κ2) is 6.39. The SMILES string of the molecule is O=C1CCCC[C@H]1[C@@H]1c2ccccc2CCN1c1ccc(F)cc1. The van der Waals surface area contributed by atoms with E-state index in [0.717, 1.165) is 37.9 Å². The third-order valence-electron chi connectivity index (χ3n) is 5.47. The predicted octanol–water partition coefficient (Wildman–Crippen LogP) is 4.69. The minimum atomic E-state index is -0.221. The lowest BCUT2D eigenvalue weighted by Gasteiger charge is -2.43. The summed E-state index contributed by atoms with van der Waals surface area (Å²) in [6.07, 6.45) is 4.74. The molecule has 2 aliphatic rings. The zero-order valence-electron chi connectivity index (χ0n) is 13.7. The highest BCUT2D eigenvalue weighted by molar-refractivity contribution is 5.83. The predicted molar refractivity (Wildman–Crippen MR) is 93.6 cm³/mol. The zero-order valence-corrected chi connectivity index (χ0v) is 13.7. The van der Waals surface area contributed by atoms with Crippen molar-refractivity contribution in [3.63, 3.8) is 0 Å². The average Bonchev–Trinajstić information content (AvgIpc) is 2.62. The molecule has 1 heterocycles. The van der Waals surface area contributed by atoms with Gasteiger partial charge < -0.3 is 4.90 Å². The highest BCUT2D eigenvalue weighted by atomic mass is 19.1. The van der Waals surface area contributed by atoms with Crippen LogP contribution in [0.3, 0.4) is 0 Å². The molecule has 0 saturated heterocycles. The number of ketones is 1. The molecule has 1 aliphatic carbocycles. The Labute approximate surface area is 142 Å². The van der Waals surface area contributed by atoms with Crippen LogP contribution in [0.15, 0.2) is 48.5 Å². The lowest BCUT2D eigenvalue weighted by atomic mass is 9.76. The lowest BCUT2D eigenvalue weighted by molar-refractivity contribution is -0.125. The van der Waals surface area contributed by atoms with E-state index in [4.69, 9.17) is 0 Å². The molecule has 1 fully saturated rings. The molecule has 24 heavy (non-hydrogen) atoms. The Hall–Kier alpha value is -2.16. The molecule has 1 saturated carbocycles. The van der Waals surface area contributed by atoms with Crippen LogP contribution in [0.1, 0.15) is 42.9 Å². The van der Waals surface area contributed by atoms with E-state index < -0.39 is 0 Å². The number of benzene rings is 2. The molecule has 2 atom stereocenters. The Morgan fingerprint density at radius 3 is 2.54 bits per heavy atom. The van der Waals surface area contributed by atoms with Crippen LogP contribution in [0.25, 0.3) is 0 Å². The van der Waals surface area contributed by atoms with Gasteiger partial charge in [0.25, 0.3) is 0 Å². The van der Waals surface area contributed by atoms with Gasteiger partial charge in [0, 0.05) is 24.6 Å². The Kier molecular flexibility index (Phi) is 4.09. The summed E-state index contributed by atoms with van der Waals surface area (Å²) in [6.45, 7) is 0.872. The third-order valence-corrected chi connectivity index (χ3v) is 5.47. The van der Waals surface area contributed by atoms with E-state index in [9.17, 15) is 9.18 Å². The van der Waals surface area contributed by atoms with E-state index >= 15 is 0 Å². The molecule has 0 aromatic heterocycles. The Balaban J connectivity index is 1.77. The minimum Gasteiger partial charge on any atom is -0.363 e. The summed E-state index contributed by atoms with van der Waals surface area (Å²) in [4.78, 5) is 15.0. The number of rotatable bonds is 2. The highest BCUT2D eigenvalue weighted by Crippen LogP contribution is 2.42. The van der Waals surface area contributed by atoms with Crippen LogP contribution in [-0.2, 0) is 11.2 Å². The van der Waals surface area contributed by atoms with Crippen LogP contribution in [0.2, 0.25) is 0 Å². The number of hydrogen-bond donors (Lipinski definition) is 0. The van der Waals surface area contributed by atoms with Crippen molar-refractivity contribution in [2.24, 2.45) is 5.92 Å². The van der Waals surface area contributed by atoms with Gasteiger partial charge in [-0.05, 0) is 54.7 Å². The lowest BCUT2D eigenvalue weighted by Crippen LogP contribution is -2.42. The number of nitrogens with zero attached hydrogens (tertiary/aromatic N) is 1. The van der Waals surface area contributed by atoms with Crippen molar-refractivity contribution in [2.75, 3.05) is 11.4 Å². The average molecular weight is 323 g/mol. The van der Waals surface area contributed by atoms with Crippen molar-refractivity contribution in [1.29, 1.82) is 0 Å². The largest absolute Gasteiger partial charge is 0.363 e. The van der Waals surface area contributed by atoms with Gasteiger partial charge in [-0.25, -0.2) is 4.39 Å². The van der Waals surface area contributed by atoms with Crippen molar-refractivity contribution in [2.45, 2.75) is 38.1 Å². The Morgan fingerprint density at radius 2 is 1.75 bits per heavy atom. The first-order chi connectivity index (χ1) is 11.7. The molecule has 0 bridgehead atoms. The van der Waals surface area contributed by atoms with E-state index in [1.54, 1.807) is 0 Å². The molecular formula is C21H22FNO. The molecule has 1 aliphatic heterocycles. The van der Waals surface area contributed by atoms with Gasteiger partial charge in [0.15, 0.2) is 0 Å². The summed E-state index contributed by atoms with van der Waals surface area (Å²) in [6, 6.07) is 15.3. The maximum Gasteiger partial charge on any atom is 0.138 e. The van der Waals surface area contributed by atoms with Gasteiger partial charge >= 0.3 is 0 Å². The number of carbonyl (C=O) groups excluding carboxylic acids is 1. The molecule has 2 aromatic rings. The van der Waals surface area contributed by atoms with Crippen LogP contribution in [0.4, 0.5) is 10.1 Å². The first-order valence-corrected chi connectivity index (χ1v) is 8.87. The van der Waals surface area contributed by atoms with E-state index in [-0.39, 0.29) is 17.8 Å². The zero-order chi connectivity index (χ0) is 16.5. The van der Waals surface area contributed by atoms with Crippen molar-refractivity contribution in [3.05, 3.63) is 65.5 Å². The fraction of sp³-hybridized carbons (Fsp3) is 0.381. The van der Waals surface area contributed by atoms with Crippen molar-refractivity contribution in [3.8, 4) is 0 Å². The fourth-order valence-corrected chi connectivity index (χ4v) is 4.30. The van der Waals surface area contributed by atoms with Gasteiger partial charge in [0.2, 0.25) is 0 Å². The standard InChI is InChI=1S/C21H22FNO/c22-16-9-11-17(12-10-16)23-14-13-15-5-1-2-6-18(15)21(23)19-7-3-4-8-20(19)24/h1-2,5-6,9-12,19,21H,3-4,7-8,13-14H2/t19-,21+/m1/s1. The normalized spacial score (nSPS) is 23.9. The molecule has 0 N–H and O–H groups in total. The summed E-state index contributed by atoms with van der Waals surface area (Å²) in [5, 5.41) is 0. The molecule has 0 spiro atoms. The minimum absolute atomic E-state index is 0.0465. The number of fused-ring (bicyclic) bond motifs is 1. The number of Topliss-reactive ketones (excluding diaryl/α,β-unsaturated/α-hetero) is 1. The van der Waals surface area contributed by atoms with E-state index in [0.29, 0.717) is 12.2 Å². The first-order valence-electron chi connectivity index (χ1n) is 8.87. The molecule has 0 radical (unpaired) electrons. The van der Waals surface area contributed by atoms with E-state index in [1.165, 1.54) is 23.3 Å². The maximum atomic E-state index is 13.3. The summed E-state index contributed by atoms with van der Waals surface area (Å²) in [7, 11) is 0. The van der Waals surface area contributed by atoms with Gasteiger partial charge in [-0.2, -0.15) is 0 Å². The summed E-state index contributed by atoms with van der Waals surface area (Å²) in [5.74, 6) is 0.210. The van der Waals surface area contributed by atoms with Crippen LogP contribution in [0, 0.1) is 11.7 Å². The van der Waals surface area contributed by atoms with Crippen LogP contribution >= 0.6 is 0 Å². The van der Waals surface area contributed by atoms with Crippen molar-refractivity contribution >= 4 is 11.5 Å². The molecule has 124 valence electrons. The summed E-state index contributed by atoms with van der Waals surface area (Å²) in [5.41, 5.74) is 3.63.